The van der Waals surface area contributed by atoms with Crippen molar-refractivity contribution in [3.8, 4) is 11.1 Å². The molecule has 0 aliphatic heterocycles. The van der Waals surface area contributed by atoms with Crippen LogP contribution in [-0.2, 0) is 32.5 Å². The number of aryl methyl sites for hydroxylation is 2. The first-order valence-corrected chi connectivity index (χ1v) is 19.2. The van der Waals surface area contributed by atoms with E-state index in [4.69, 9.17) is 0 Å². The molecule has 0 saturated heterocycles. The molecule has 9 nitrogen and oxygen atoms in total. The van der Waals surface area contributed by atoms with Crippen LogP contribution in [0.2, 0.25) is 0 Å². The lowest BCUT2D eigenvalue weighted by Crippen LogP contribution is -2.56. The topological polar surface area (TPSA) is 120 Å². The lowest BCUT2D eigenvalue weighted by molar-refractivity contribution is -0.133. The fourth-order valence-electron chi connectivity index (χ4n) is 6.41. The molecular formula is C41H40N4O5S2. The molecule has 0 aliphatic rings. The maximum Gasteiger partial charge on any atom is 0.266 e. The lowest BCUT2D eigenvalue weighted by atomic mass is 9.99. The van der Waals surface area contributed by atoms with Crippen LogP contribution < -0.4 is 5.32 Å². The average Bonchev–Trinajstić information content (AvgIpc) is 3.83. The number of carbonyl (C=O) groups excluding carboxylic acids is 3. The van der Waals surface area contributed by atoms with Gasteiger partial charge in [-0.2, -0.15) is 11.3 Å². The van der Waals surface area contributed by atoms with Crippen molar-refractivity contribution in [1.82, 2.24) is 19.5 Å². The number of aromatic amines is 1. The van der Waals surface area contributed by atoms with Crippen LogP contribution in [0.1, 0.15) is 32.6 Å². The second kappa shape index (κ2) is 15.4. The Morgan fingerprint density at radius 3 is 2.15 bits per heavy atom. The first-order valence-electron chi connectivity index (χ1n) is 16.8. The van der Waals surface area contributed by atoms with Gasteiger partial charge in [-0.05, 0) is 83.3 Å². The number of nitrogens with zero attached hydrogens (tertiary/aromatic N) is 2. The van der Waals surface area contributed by atoms with Crippen molar-refractivity contribution in [2.45, 2.75) is 43.7 Å². The largest absolute Gasteiger partial charge is 0.361 e. The molecule has 266 valence electrons. The zero-order valence-electron chi connectivity index (χ0n) is 29.4. The third kappa shape index (κ3) is 7.85. The highest BCUT2D eigenvalue weighted by Gasteiger charge is 2.36. The summed E-state index contributed by atoms with van der Waals surface area (Å²) in [6.45, 7) is 3.81. The third-order valence-corrected chi connectivity index (χ3v) is 11.7. The van der Waals surface area contributed by atoms with Crippen LogP contribution >= 0.6 is 11.3 Å². The van der Waals surface area contributed by atoms with E-state index in [0.717, 1.165) is 44.3 Å². The van der Waals surface area contributed by atoms with Crippen LogP contribution in [0.25, 0.3) is 22.0 Å². The Morgan fingerprint density at radius 1 is 0.808 bits per heavy atom. The summed E-state index contributed by atoms with van der Waals surface area (Å²) in [5, 5.41) is 7.79. The number of likely N-dealkylation sites (N-methyl/N-ethyl adjacent to an activating group) is 2. The maximum absolute atomic E-state index is 14.5. The number of H-pyrrole nitrogens is 1. The minimum atomic E-state index is -4.25. The molecule has 4 aromatic carbocycles. The molecule has 0 spiro atoms. The van der Waals surface area contributed by atoms with Crippen LogP contribution in [0.15, 0.2) is 125 Å². The van der Waals surface area contributed by atoms with Crippen molar-refractivity contribution in [1.29, 1.82) is 0 Å². The summed E-state index contributed by atoms with van der Waals surface area (Å²) >= 11 is 1.60. The fourth-order valence-corrected chi connectivity index (χ4v) is 8.26. The van der Waals surface area contributed by atoms with E-state index in [2.05, 4.69) is 15.7 Å². The summed E-state index contributed by atoms with van der Waals surface area (Å²) in [5.41, 5.74) is 6.73. The van der Waals surface area contributed by atoms with Crippen molar-refractivity contribution in [3.05, 3.63) is 148 Å². The smallest absolute Gasteiger partial charge is 0.266 e. The molecule has 11 heteroatoms. The molecule has 2 N–H and O–H groups in total. The van der Waals surface area contributed by atoms with Crippen molar-refractivity contribution in [3.63, 3.8) is 0 Å². The minimum absolute atomic E-state index is 0.0000297. The Balaban J connectivity index is 1.35. The van der Waals surface area contributed by atoms with Gasteiger partial charge in [-0.3, -0.25) is 14.4 Å². The summed E-state index contributed by atoms with van der Waals surface area (Å²) < 4.78 is 27.9. The normalized spacial score (nSPS) is 12.6. The van der Waals surface area contributed by atoms with Gasteiger partial charge in [0.15, 0.2) is 0 Å². The first kappa shape index (κ1) is 36.3. The van der Waals surface area contributed by atoms with Crippen molar-refractivity contribution < 1.29 is 22.8 Å². The molecule has 2 unspecified atom stereocenters. The van der Waals surface area contributed by atoms with E-state index in [-0.39, 0.29) is 23.6 Å². The van der Waals surface area contributed by atoms with Gasteiger partial charge in [-0.15, -0.1) is 0 Å². The monoisotopic (exact) mass is 732 g/mol. The number of amides is 3. The molecule has 0 bridgehead atoms. The molecule has 2 aromatic heterocycles. The van der Waals surface area contributed by atoms with Gasteiger partial charge in [0.1, 0.15) is 12.1 Å². The van der Waals surface area contributed by atoms with Gasteiger partial charge in [0.2, 0.25) is 5.91 Å². The van der Waals surface area contributed by atoms with Gasteiger partial charge >= 0.3 is 0 Å². The summed E-state index contributed by atoms with van der Waals surface area (Å²) in [5.74, 6) is -1.76. The highest BCUT2D eigenvalue weighted by molar-refractivity contribution is 7.89. The molecule has 0 saturated carbocycles. The lowest BCUT2D eigenvalue weighted by Gasteiger charge is -2.30. The number of para-hydroxylation sites is 1. The van der Waals surface area contributed by atoms with Crippen LogP contribution in [-0.4, -0.2) is 66.5 Å². The third-order valence-electron chi connectivity index (χ3n) is 9.22. The van der Waals surface area contributed by atoms with E-state index in [9.17, 15) is 22.8 Å². The number of hydrogen-bond acceptors (Lipinski definition) is 6. The Bertz CT molecular complexity index is 2300. The highest BCUT2D eigenvalue weighted by atomic mass is 32.2. The number of nitrogens with one attached hydrogen (secondary N) is 2. The molecule has 6 aromatic rings. The van der Waals surface area contributed by atoms with Crippen molar-refractivity contribution in [2.24, 2.45) is 0 Å². The number of hydrogen-bond donors (Lipinski definition) is 2. The molecule has 2 atom stereocenters. The Hall–Kier alpha value is -5.52. The van der Waals surface area contributed by atoms with E-state index in [0.29, 0.717) is 9.87 Å². The van der Waals surface area contributed by atoms with Crippen molar-refractivity contribution in [2.75, 3.05) is 14.1 Å². The van der Waals surface area contributed by atoms with Gasteiger partial charge in [-0.25, -0.2) is 12.7 Å². The van der Waals surface area contributed by atoms with E-state index in [1.807, 2.05) is 79.9 Å². The number of aromatic nitrogens is 1. The van der Waals surface area contributed by atoms with E-state index >= 15 is 0 Å². The zero-order chi connectivity index (χ0) is 37.0. The number of rotatable bonds is 12. The van der Waals surface area contributed by atoms with E-state index < -0.39 is 33.9 Å². The van der Waals surface area contributed by atoms with Crippen molar-refractivity contribution >= 4 is 50.0 Å². The van der Waals surface area contributed by atoms with E-state index in [1.165, 1.54) is 24.1 Å². The van der Waals surface area contributed by atoms with Gasteiger partial charge < -0.3 is 15.2 Å². The van der Waals surface area contributed by atoms with Gasteiger partial charge in [0, 0.05) is 49.6 Å². The highest BCUT2D eigenvalue weighted by Crippen LogP contribution is 2.25. The SMILES string of the molecule is Cc1cc(C)cc(C(=O)N(C)C(Cc2ccc(-c3ccsc3)cc2)C(=O)NC(Cc2c[nH]c3ccccc23)C(=O)N(C)S(=O)(=O)c2ccccc2)c1. The number of fused-ring (bicyclic) bond motifs is 1. The predicted molar refractivity (Wildman–Crippen MR) is 206 cm³/mol. The average molecular weight is 733 g/mol. The van der Waals surface area contributed by atoms with Crippen LogP contribution in [0, 0.1) is 13.8 Å². The van der Waals surface area contributed by atoms with Crippen LogP contribution in [0.5, 0.6) is 0 Å². The first-order chi connectivity index (χ1) is 24.9. The molecule has 0 fully saturated rings. The van der Waals surface area contributed by atoms with Gasteiger partial charge in [0.25, 0.3) is 21.8 Å². The summed E-state index contributed by atoms with van der Waals surface area (Å²) in [6.07, 6.45) is 1.90. The number of carbonyl (C=O) groups is 3. The van der Waals surface area contributed by atoms with Crippen LogP contribution in [0.3, 0.4) is 0 Å². The molecule has 6 rings (SSSR count). The summed E-state index contributed by atoms with van der Waals surface area (Å²) in [6, 6.07) is 28.3. The predicted octanol–water partition coefficient (Wildman–Crippen LogP) is 6.77. The molecule has 52 heavy (non-hydrogen) atoms. The Kier molecular flexibility index (Phi) is 10.7. The quantitative estimate of drug-likeness (QED) is 0.144. The number of thiophene rings is 1. The standard InChI is InChI=1S/C41H40N4O5S2/c1-27-20-28(2)22-32(21-27)40(47)44(3)38(23-29-14-16-30(17-15-29)31-18-19-51-26-31)39(46)43-37(24-33-25-42-36-13-9-8-12-35(33)36)41(48)45(4)52(49,50)34-10-6-5-7-11-34/h5-22,25-26,37-38,42H,23-24H2,1-4H3,(H,43,46). The minimum Gasteiger partial charge on any atom is -0.361 e. The second-order valence-corrected chi connectivity index (χ2v) is 15.7. The van der Waals surface area contributed by atoms with E-state index in [1.54, 1.807) is 54.9 Å². The number of benzene rings is 4. The molecular weight excluding hydrogens is 693 g/mol. The van der Waals surface area contributed by atoms with Gasteiger partial charge in [-0.1, -0.05) is 77.9 Å². The second-order valence-electron chi connectivity index (χ2n) is 13.0. The Morgan fingerprint density at radius 2 is 1.48 bits per heavy atom. The summed E-state index contributed by atoms with van der Waals surface area (Å²) in [7, 11) is -1.47. The van der Waals surface area contributed by atoms with Crippen LogP contribution in [0.4, 0.5) is 0 Å². The molecule has 3 amide bonds. The molecule has 0 aliphatic carbocycles. The number of sulfonamides is 1. The molecule has 2 heterocycles. The molecule has 0 radical (unpaired) electrons. The maximum atomic E-state index is 14.5. The fraction of sp³-hybridized carbons (Fsp3) is 0.195. The summed E-state index contributed by atoms with van der Waals surface area (Å²) in [4.78, 5) is 47.3. The van der Waals surface area contributed by atoms with Gasteiger partial charge in [0.05, 0.1) is 4.90 Å². The zero-order valence-corrected chi connectivity index (χ0v) is 31.0. The Labute approximate surface area is 308 Å².